The molecule has 0 atom stereocenters. The van der Waals surface area contributed by atoms with E-state index in [-0.39, 0.29) is 5.56 Å². The molecule has 0 fully saturated rings. The van der Waals surface area contributed by atoms with Gasteiger partial charge in [-0.05, 0) is 12.5 Å². The van der Waals surface area contributed by atoms with Gasteiger partial charge in [0.15, 0.2) is 11.2 Å². The molecular weight excluding hydrogens is 318 g/mol. The first-order valence-electron chi connectivity index (χ1n) is 8.06. The van der Waals surface area contributed by atoms with E-state index < -0.39 is 0 Å². The number of ether oxygens (including phenoxy) is 1. The minimum Gasteiger partial charge on any atom is -0.378 e. The van der Waals surface area contributed by atoms with Gasteiger partial charge in [-0.15, -0.1) is 0 Å². The minimum absolute atomic E-state index is 0.108. The van der Waals surface area contributed by atoms with Crippen LogP contribution in [0.15, 0.2) is 41.5 Å². The molecule has 128 valence electrons. The first-order valence-corrected chi connectivity index (χ1v) is 8.06. The molecule has 7 heteroatoms. The van der Waals surface area contributed by atoms with Crippen LogP contribution in [0.1, 0.15) is 17.0 Å². The van der Waals surface area contributed by atoms with Crippen LogP contribution in [0.25, 0.3) is 16.9 Å². The second kappa shape index (κ2) is 5.86. The maximum atomic E-state index is 13.2. The number of rotatable bonds is 4. The Bertz CT molecular complexity index is 1120. The lowest BCUT2D eigenvalue weighted by Gasteiger charge is -2.07. The summed E-state index contributed by atoms with van der Waals surface area (Å²) >= 11 is 0. The number of aryl methyl sites for hydroxylation is 2. The number of imidazole rings is 2. The van der Waals surface area contributed by atoms with Gasteiger partial charge in [0.25, 0.3) is 5.56 Å². The van der Waals surface area contributed by atoms with Gasteiger partial charge >= 0.3 is 0 Å². The number of methoxy groups -OCH3 is 1. The molecule has 0 radical (unpaired) electrons. The fraction of sp³-hybridized carbons (Fsp3) is 0.278. The first kappa shape index (κ1) is 15.6. The largest absolute Gasteiger partial charge is 0.378 e. The normalized spacial score (nSPS) is 11.6. The van der Waals surface area contributed by atoms with E-state index in [1.807, 2.05) is 53.4 Å². The molecule has 4 aromatic rings. The summed E-state index contributed by atoms with van der Waals surface area (Å²) in [5.41, 5.74) is 3.77. The van der Waals surface area contributed by atoms with Crippen molar-refractivity contribution in [3.05, 3.63) is 64.0 Å². The standard InChI is InChI=1S/C18H19N5O2/c1-12-14(10-25-3)20-18-21(2)16-15(17(24)23(12)18)22(11-19-16)9-13-7-5-4-6-8-13/h4-8,11H,9-10H2,1-3H3. The number of nitrogens with zero attached hydrogens (tertiary/aromatic N) is 5. The molecule has 0 aliphatic rings. The van der Waals surface area contributed by atoms with E-state index in [4.69, 9.17) is 4.74 Å². The Labute approximate surface area is 144 Å². The molecule has 7 nitrogen and oxygen atoms in total. The zero-order chi connectivity index (χ0) is 17.6. The summed E-state index contributed by atoms with van der Waals surface area (Å²) < 4.78 is 10.6. The molecule has 0 amide bonds. The van der Waals surface area contributed by atoms with E-state index in [1.165, 1.54) is 0 Å². The highest BCUT2D eigenvalue weighted by Gasteiger charge is 2.19. The van der Waals surface area contributed by atoms with Gasteiger partial charge < -0.3 is 9.30 Å². The molecule has 3 heterocycles. The summed E-state index contributed by atoms with van der Waals surface area (Å²) in [4.78, 5) is 22.2. The van der Waals surface area contributed by atoms with Crippen molar-refractivity contribution in [2.75, 3.05) is 7.11 Å². The van der Waals surface area contributed by atoms with Gasteiger partial charge in [0, 0.05) is 20.7 Å². The molecular formula is C18H19N5O2. The second-order valence-corrected chi connectivity index (χ2v) is 6.11. The van der Waals surface area contributed by atoms with E-state index in [1.54, 1.807) is 17.8 Å². The third-order valence-corrected chi connectivity index (χ3v) is 4.51. The summed E-state index contributed by atoms with van der Waals surface area (Å²) in [6, 6.07) is 10.0. The fourth-order valence-electron chi connectivity index (χ4n) is 3.21. The van der Waals surface area contributed by atoms with Crippen LogP contribution in [-0.2, 0) is 24.9 Å². The highest BCUT2D eigenvalue weighted by atomic mass is 16.5. The van der Waals surface area contributed by atoms with Crippen molar-refractivity contribution in [2.24, 2.45) is 7.05 Å². The number of fused-ring (bicyclic) bond motifs is 2. The quantitative estimate of drug-likeness (QED) is 0.570. The summed E-state index contributed by atoms with van der Waals surface area (Å²) in [6.07, 6.45) is 1.71. The Morgan fingerprint density at radius 1 is 1.20 bits per heavy atom. The van der Waals surface area contributed by atoms with Crippen LogP contribution in [0.5, 0.6) is 0 Å². The van der Waals surface area contributed by atoms with Gasteiger partial charge in [-0.1, -0.05) is 30.3 Å². The third-order valence-electron chi connectivity index (χ3n) is 4.51. The predicted molar refractivity (Wildman–Crippen MR) is 94.7 cm³/mol. The number of benzene rings is 1. The molecule has 25 heavy (non-hydrogen) atoms. The van der Waals surface area contributed by atoms with Crippen molar-refractivity contribution in [1.29, 1.82) is 0 Å². The Kier molecular flexibility index (Phi) is 3.65. The van der Waals surface area contributed by atoms with E-state index in [0.717, 1.165) is 17.0 Å². The SMILES string of the molecule is COCc1nc2n(C)c3ncn(Cc4ccccc4)c3c(=O)n2c1C. The Morgan fingerprint density at radius 2 is 1.96 bits per heavy atom. The number of hydrogen-bond acceptors (Lipinski definition) is 4. The molecule has 4 rings (SSSR count). The van der Waals surface area contributed by atoms with Gasteiger partial charge in [-0.3, -0.25) is 9.36 Å². The molecule has 0 bridgehead atoms. The first-order chi connectivity index (χ1) is 12.1. The van der Waals surface area contributed by atoms with Crippen molar-refractivity contribution in [1.82, 2.24) is 23.5 Å². The van der Waals surface area contributed by atoms with Crippen LogP contribution in [0.3, 0.4) is 0 Å². The van der Waals surface area contributed by atoms with Crippen LogP contribution in [0.2, 0.25) is 0 Å². The number of hydrogen-bond donors (Lipinski definition) is 0. The van der Waals surface area contributed by atoms with Crippen molar-refractivity contribution < 1.29 is 4.74 Å². The van der Waals surface area contributed by atoms with Crippen molar-refractivity contribution >= 4 is 16.9 Å². The predicted octanol–water partition coefficient (Wildman–Crippen LogP) is 1.89. The summed E-state index contributed by atoms with van der Waals surface area (Å²) in [5.74, 6) is 0.576. The van der Waals surface area contributed by atoms with E-state index >= 15 is 0 Å². The molecule has 0 saturated carbocycles. The molecule has 0 spiro atoms. The molecule has 1 aromatic carbocycles. The monoisotopic (exact) mass is 337 g/mol. The summed E-state index contributed by atoms with van der Waals surface area (Å²) in [5, 5.41) is 0. The second-order valence-electron chi connectivity index (χ2n) is 6.11. The highest BCUT2D eigenvalue weighted by Crippen LogP contribution is 2.16. The minimum atomic E-state index is -0.108. The lowest BCUT2D eigenvalue weighted by Crippen LogP contribution is -2.21. The molecule has 0 N–H and O–H groups in total. The van der Waals surface area contributed by atoms with Gasteiger partial charge in [0.05, 0.1) is 24.3 Å². The Hall–Kier alpha value is -2.93. The van der Waals surface area contributed by atoms with Gasteiger partial charge in [-0.25, -0.2) is 14.4 Å². The lowest BCUT2D eigenvalue weighted by atomic mass is 10.2. The third kappa shape index (κ3) is 2.35. The van der Waals surface area contributed by atoms with Crippen LogP contribution in [0, 0.1) is 6.92 Å². The van der Waals surface area contributed by atoms with Crippen LogP contribution < -0.4 is 5.56 Å². The summed E-state index contributed by atoms with van der Waals surface area (Å²) in [7, 11) is 3.49. The zero-order valence-electron chi connectivity index (χ0n) is 14.4. The van der Waals surface area contributed by atoms with Gasteiger partial charge in [0.2, 0.25) is 5.78 Å². The smallest absolute Gasteiger partial charge is 0.285 e. The van der Waals surface area contributed by atoms with E-state index in [2.05, 4.69) is 9.97 Å². The molecule has 0 saturated heterocycles. The van der Waals surface area contributed by atoms with Crippen molar-refractivity contribution in [3.8, 4) is 0 Å². The maximum absolute atomic E-state index is 13.2. The van der Waals surface area contributed by atoms with Crippen LogP contribution in [-0.4, -0.2) is 30.6 Å². The average Bonchev–Trinajstić information content (AvgIpc) is 3.17. The average molecular weight is 337 g/mol. The Balaban J connectivity index is 1.98. The molecule has 0 aliphatic carbocycles. The molecule has 0 aliphatic heterocycles. The highest BCUT2D eigenvalue weighted by molar-refractivity contribution is 5.73. The van der Waals surface area contributed by atoms with Crippen LogP contribution in [0.4, 0.5) is 0 Å². The van der Waals surface area contributed by atoms with Crippen molar-refractivity contribution in [2.45, 2.75) is 20.1 Å². The Morgan fingerprint density at radius 3 is 2.68 bits per heavy atom. The summed E-state index contributed by atoms with van der Waals surface area (Å²) in [6.45, 7) is 2.85. The molecule has 3 aromatic heterocycles. The lowest BCUT2D eigenvalue weighted by molar-refractivity contribution is 0.181. The maximum Gasteiger partial charge on any atom is 0.285 e. The topological polar surface area (TPSA) is 66.3 Å². The van der Waals surface area contributed by atoms with Crippen molar-refractivity contribution in [3.63, 3.8) is 0 Å². The fourth-order valence-corrected chi connectivity index (χ4v) is 3.21. The molecule has 0 unspecified atom stereocenters. The van der Waals surface area contributed by atoms with Gasteiger partial charge in [0.1, 0.15) is 0 Å². The van der Waals surface area contributed by atoms with E-state index in [9.17, 15) is 4.79 Å². The van der Waals surface area contributed by atoms with E-state index in [0.29, 0.717) is 30.1 Å². The number of aromatic nitrogens is 5. The van der Waals surface area contributed by atoms with Crippen LogP contribution >= 0.6 is 0 Å². The zero-order valence-corrected chi connectivity index (χ0v) is 14.4. The van der Waals surface area contributed by atoms with Gasteiger partial charge in [-0.2, -0.15) is 0 Å².